The van der Waals surface area contributed by atoms with Gasteiger partial charge >= 0.3 is 5.97 Å². The molecule has 0 aromatic heterocycles. The zero-order valence-corrected chi connectivity index (χ0v) is 24.9. The number of esters is 1. The third kappa shape index (κ3) is 31.0. The van der Waals surface area contributed by atoms with Gasteiger partial charge in [-0.1, -0.05) is 148 Å². The van der Waals surface area contributed by atoms with E-state index in [1.807, 2.05) is 0 Å². The summed E-state index contributed by atoms with van der Waals surface area (Å²) in [7, 11) is 0. The van der Waals surface area contributed by atoms with E-state index in [1.165, 1.54) is 122 Å². The Bertz CT molecular complexity index is 491. The molecule has 0 rings (SSSR count). The molecule has 0 bridgehead atoms. The molecule has 0 atom stereocenters. The molecule has 0 fully saturated rings. The lowest BCUT2D eigenvalue weighted by atomic mass is 10.0. The average Bonchev–Trinajstić information content (AvgIpc) is 2.86. The molecule has 0 amide bonds. The third-order valence-electron chi connectivity index (χ3n) is 7.02. The summed E-state index contributed by atoms with van der Waals surface area (Å²) in [6.07, 6.45) is 39.3. The average molecular weight is 505 g/mol. The van der Waals surface area contributed by atoms with Crippen molar-refractivity contribution in [3.63, 3.8) is 0 Å². The van der Waals surface area contributed by atoms with Crippen LogP contribution in [0.5, 0.6) is 0 Å². The molecule has 0 heterocycles. The summed E-state index contributed by atoms with van der Waals surface area (Å²) >= 11 is 0. The summed E-state index contributed by atoms with van der Waals surface area (Å²) in [4.78, 5) is 11.9. The van der Waals surface area contributed by atoms with Gasteiger partial charge in [0, 0.05) is 6.42 Å². The summed E-state index contributed by atoms with van der Waals surface area (Å²) in [5, 5.41) is 0. The minimum absolute atomic E-state index is 0.00840. The van der Waals surface area contributed by atoms with Gasteiger partial charge in [0.15, 0.2) is 0 Å². The second kappa shape index (κ2) is 30.2. The number of carbonyl (C=O) groups excluding carboxylic acids is 1. The predicted octanol–water partition coefficient (Wildman–Crippen LogP) is 11.7. The number of allylic oxidation sites excluding steroid dienone is 4. The minimum atomic E-state index is 0.00840. The van der Waals surface area contributed by atoms with Crippen LogP contribution in [0.3, 0.4) is 0 Å². The SMILES string of the molecule is CCCCCC=CCC=CCCCCCCCC(=O)OCCCCCCCCCCCCCC(C)C. The molecule has 0 aromatic rings. The molecule has 0 saturated heterocycles. The van der Waals surface area contributed by atoms with E-state index >= 15 is 0 Å². The molecule has 0 N–H and O–H groups in total. The maximum Gasteiger partial charge on any atom is 0.305 e. The molecule has 0 unspecified atom stereocenters. The second-order valence-electron chi connectivity index (χ2n) is 11.3. The zero-order chi connectivity index (χ0) is 26.4. The molecular formula is C34H64O2. The number of hydrogen-bond acceptors (Lipinski definition) is 2. The van der Waals surface area contributed by atoms with Crippen molar-refractivity contribution in [3.05, 3.63) is 24.3 Å². The fourth-order valence-electron chi connectivity index (χ4n) is 4.58. The summed E-state index contributed by atoms with van der Waals surface area (Å²) in [6, 6.07) is 0. The normalized spacial score (nSPS) is 11.9. The Morgan fingerprint density at radius 1 is 0.583 bits per heavy atom. The van der Waals surface area contributed by atoms with Crippen LogP contribution in [0.1, 0.15) is 175 Å². The van der Waals surface area contributed by atoms with Crippen molar-refractivity contribution in [2.45, 2.75) is 175 Å². The monoisotopic (exact) mass is 504 g/mol. The lowest BCUT2D eigenvalue weighted by Crippen LogP contribution is -2.05. The minimum Gasteiger partial charge on any atom is -0.466 e. The van der Waals surface area contributed by atoms with E-state index in [2.05, 4.69) is 45.1 Å². The van der Waals surface area contributed by atoms with Crippen molar-refractivity contribution in [1.29, 1.82) is 0 Å². The molecule has 2 nitrogen and oxygen atoms in total. The lowest BCUT2D eigenvalue weighted by Gasteiger charge is -2.06. The van der Waals surface area contributed by atoms with Gasteiger partial charge in [0.05, 0.1) is 6.61 Å². The van der Waals surface area contributed by atoms with Crippen LogP contribution in [0.4, 0.5) is 0 Å². The zero-order valence-electron chi connectivity index (χ0n) is 24.9. The van der Waals surface area contributed by atoms with E-state index in [9.17, 15) is 4.79 Å². The lowest BCUT2D eigenvalue weighted by molar-refractivity contribution is -0.143. The summed E-state index contributed by atoms with van der Waals surface area (Å²) in [5.41, 5.74) is 0. The summed E-state index contributed by atoms with van der Waals surface area (Å²) in [5.74, 6) is 0.873. The van der Waals surface area contributed by atoms with Crippen LogP contribution in [0.2, 0.25) is 0 Å². The number of unbranched alkanes of at least 4 members (excludes halogenated alkanes) is 18. The first-order valence-corrected chi connectivity index (χ1v) is 16.1. The Kier molecular flexibility index (Phi) is 29.3. The topological polar surface area (TPSA) is 26.3 Å². The molecule has 0 spiro atoms. The molecule has 0 aliphatic heterocycles. The number of ether oxygens (including phenoxy) is 1. The van der Waals surface area contributed by atoms with Gasteiger partial charge in [0.1, 0.15) is 0 Å². The molecule has 212 valence electrons. The van der Waals surface area contributed by atoms with E-state index in [-0.39, 0.29) is 5.97 Å². The van der Waals surface area contributed by atoms with E-state index < -0.39 is 0 Å². The van der Waals surface area contributed by atoms with Crippen LogP contribution in [-0.4, -0.2) is 12.6 Å². The molecule has 2 heteroatoms. The molecule has 0 aromatic carbocycles. The van der Waals surface area contributed by atoms with Crippen LogP contribution in [-0.2, 0) is 9.53 Å². The maximum absolute atomic E-state index is 11.9. The highest BCUT2D eigenvalue weighted by Gasteiger charge is 2.02. The van der Waals surface area contributed by atoms with Crippen molar-refractivity contribution in [2.75, 3.05) is 6.61 Å². The van der Waals surface area contributed by atoms with Gasteiger partial charge in [-0.15, -0.1) is 0 Å². The maximum atomic E-state index is 11.9. The quantitative estimate of drug-likeness (QED) is 0.0601. The van der Waals surface area contributed by atoms with Crippen LogP contribution in [0, 0.1) is 5.92 Å². The Morgan fingerprint density at radius 3 is 1.61 bits per heavy atom. The molecule has 0 aliphatic rings. The van der Waals surface area contributed by atoms with Crippen LogP contribution >= 0.6 is 0 Å². The largest absolute Gasteiger partial charge is 0.466 e. The Labute approximate surface area is 227 Å². The fourth-order valence-corrected chi connectivity index (χ4v) is 4.58. The van der Waals surface area contributed by atoms with Crippen molar-refractivity contribution >= 4 is 5.97 Å². The van der Waals surface area contributed by atoms with E-state index in [4.69, 9.17) is 4.74 Å². The fraction of sp³-hybridized carbons (Fsp3) is 0.853. The van der Waals surface area contributed by atoms with Crippen LogP contribution in [0.25, 0.3) is 0 Å². The van der Waals surface area contributed by atoms with Crippen molar-refractivity contribution in [2.24, 2.45) is 5.92 Å². The smallest absolute Gasteiger partial charge is 0.305 e. The van der Waals surface area contributed by atoms with Crippen LogP contribution < -0.4 is 0 Å². The highest BCUT2D eigenvalue weighted by molar-refractivity contribution is 5.69. The third-order valence-corrected chi connectivity index (χ3v) is 7.02. The van der Waals surface area contributed by atoms with Gasteiger partial charge in [-0.3, -0.25) is 4.79 Å². The summed E-state index contributed by atoms with van der Waals surface area (Å²) < 4.78 is 5.41. The van der Waals surface area contributed by atoms with Crippen molar-refractivity contribution in [3.8, 4) is 0 Å². The Balaban J connectivity index is 3.24. The highest BCUT2D eigenvalue weighted by Crippen LogP contribution is 2.14. The van der Waals surface area contributed by atoms with Crippen molar-refractivity contribution in [1.82, 2.24) is 0 Å². The first kappa shape index (κ1) is 35.0. The van der Waals surface area contributed by atoms with Crippen LogP contribution in [0.15, 0.2) is 24.3 Å². The standard InChI is InChI=1S/C34H64O2/c1-4-5-6-7-8-9-10-11-12-13-16-19-22-25-28-31-34(35)36-32-29-26-23-20-17-14-15-18-21-24-27-30-33(2)3/h8-9,11-12,33H,4-7,10,13-32H2,1-3H3. The van der Waals surface area contributed by atoms with Gasteiger partial charge in [0.25, 0.3) is 0 Å². The van der Waals surface area contributed by atoms with E-state index in [1.54, 1.807) is 0 Å². The molecule has 0 aliphatic carbocycles. The molecule has 36 heavy (non-hydrogen) atoms. The van der Waals surface area contributed by atoms with Gasteiger partial charge < -0.3 is 4.74 Å². The Morgan fingerprint density at radius 2 is 1.06 bits per heavy atom. The van der Waals surface area contributed by atoms with Gasteiger partial charge in [-0.2, -0.15) is 0 Å². The predicted molar refractivity (Wildman–Crippen MR) is 161 cm³/mol. The summed E-state index contributed by atoms with van der Waals surface area (Å²) in [6.45, 7) is 7.52. The molecular weight excluding hydrogens is 440 g/mol. The van der Waals surface area contributed by atoms with Crippen molar-refractivity contribution < 1.29 is 9.53 Å². The van der Waals surface area contributed by atoms with E-state index in [0.717, 1.165) is 31.6 Å². The van der Waals surface area contributed by atoms with Gasteiger partial charge in [-0.05, 0) is 50.9 Å². The Hall–Kier alpha value is -1.05. The highest BCUT2D eigenvalue weighted by atomic mass is 16.5. The van der Waals surface area contributed by atoms with E-state index in [0.29, 0.717) is 13.0 Å². The number of rotatable bonds is 28. The number of hydrogen-bond donors (Lipinski definition) is 0. The first-order chi connectivity index (χ1) is 17.7. The van der Waals surface area contributed by atoms with Gasteiger partial charge in [-0.25, -0.2) is 0 Å². The molecule has 0 saturated carbocycles. The first-order valence-electron chi connectivity index (χ1n) is 16.1. The molecule has 0 radical (unpaired) electrons. The van der Waals surface area contributed by atoms with Gasteiger partial charge in [0.2, 0.25) is 0 Å². The second-order valence-corrected chi connectivity index (χ2v) is 11.3. The number of carbonyl (C=O) groups is 1.